The Morgan fingerprint density at radius 2 is 2.10 bits per heavy atom. The molecule has 0 spiro atoms. The summed E-state index contributed by atoms with van der Waals surface area (Å²) in [6.45, 7) is 4.95. The maximum absolute atomic E-state index is 13.2. The Balaban J connectivity index is 1.87. The molecule has 30 heavy (non-hydrogen) atoms. The number of nitrogens with one attached hydrogen (secondary N) is 1. The predicted molar refractivity (Wildman–Crippen MR) is 104 cm³/mol. The summed E-state index contributed by atoms with van der Waals surface area (Å²) in [5, 5.41) is 7.16. The quantitative estimate of drug-likeness (QED) is 0.707. The van der Waals surface area contributed by atoms with Crippen molar-refractivity contribution in [2.45, 2.75) is 51.5 Å². The van der Waals surface area contributed by atoms with Gasteiger partial charge in [-0.3, -0.25) is 0 Å². The summed E-state index contributed by atoms with van der Waals surface area (Å²) < 4.78 is 46.3. The summed E-state index contributed by atoms with van der Waals surface area (Å²) in [4.78, 5) is 18.3. The molecular weight excluding hydrogens is 401 g/mol. The summed E-state index contributed by atoms with van der Waals surface area (Å²) in [5.74, 6) is 0. The van der Waals surface area contributed by atoms with E-state index in [4.69, 9.17) is 10.5 Å². The van der Waals surface area contributed by atoms with Gasteiger partial charge in [-0.15, -0.1) is 0 Å². The molecular formula is C19H27F3N6O2. The van der Waals surface area contributed by atoms with Crippen molar-refractivity contribution in [3.63, 3.8) is 0 Å². The molecule has 1 aliphatic heterocycles. The number of nitrogens with zero attached hydrogens (tertiary/aromatic N) is 4. The minimum atomic E-state index is -4.37. The number of imidazole rings is 1. The first-order valence-electron chi connectivity index (χ1n) is 9.66. The van der Waals surface area contributed by atoms with Crippen molar-refractivity contribution in [3.05, 3.63) is 29.7 Å². The number of amides is 2. The van der Waals surface area contributed by atoms with Crippen molar-refractivity contribution in [3.8, 4) is 0 Å². The summed E-state index contributed by atoms with van der Waals surface area (Å²) in [6, 6.07) is 0.312. The molecule has 1 saturated heterocycles. The molecule has 3 atom stereocenters. The smallest absolute Gasteiger partial charge is 0.382 e. The van der Waals surface area contributed by atoms with Gasteiger partial charge in [-0.05, 0) is 19.4 Å². The van der Waals surface area contributed by atoms with E-state index in [2.05, 4.69) is 15.4 Å². The number of aromatic nitrogens is 3. The largest absolute Gasteiger partial charge is 0.394 e. The zero-order chi connectivity index (χ0) is 22.3. The number of hydrogen-bond donors (Lipinski definition) is 2. The lowest BCUT2D eigenvalue weighted by Crippen LogP contribution is -2.35. The van der Waals surface area contributed by atoms with Crippen LogP contribution in [0.15, 0.2) is 18.5 Å². The number of ether oxygens (including phenoxy) is 1. The fourth-order valence-electron chi connectivity index (χ4n) is 3.55. The van der Waals surface area contributed by atoms with Crippen molar-refractivity contribution in [1.29, 1.82) is 0 Å². The second kappa shape index (κ2) is 8.03. The number of alkyl halides is 3. The van der Waals surface area contributed by atoms with Crippen LogP contribution in [-0.4, -0.2) is 58.0 Å². The van der Waals surface area contributed by atoms with Crippen LogP contribution in [0, 0.1) is 5.41 Å². The Kier molecular flexibility index (Phi) is 5.96. The van der Waals surface area contributed by atoms with Crippen LogP contribution >= 0.6 is 0 Å². The highest BCUT2D eigenvalue weighted by molar-refractivity contribution is 5.77. The van der Waals surface area contributed by atoms with Crippen molar-refractivity contribution in [1.82, 2.24) is 24.8 Å². The van der Waals surface area contributed by atoms with Crippen LogP contribution in [0.2, 0.25) is 0 Å². The van der Waals surface area contributed by atoms with Crippen LogP contribution in [-0.2, 0) is 4.74 Å². The van der Waals surface area contributed by atoms with Gasteiger partial charge in [0.15, 0.2) is 5.65 Å². The molecule has 2 aromatic rings. The number of fused-ring (bicyclic) bond motifs is 1. The molecule has 0 aliphatic carbocycles. The third-order valence-corrected chi connectivity index (χ3v) is 5.42. The van der Waals surface area contributed by atoms with Gasteiger partial charge in [0, 0.05) is 31.3 Å². The van der Waals surface area contributed by atoms with Crippen molar-refractivity contribution < 1.29 is 22.7 Å². The molecule has 8 nitrogen and oxygen atoms in total. The van der Waals surface area contributed by atoms with Crippen molar-refractivity contribution in [2.75, 3.05) is 20.3 Å². The van der Waals surface area contributed by atoms with Crippen molar-refractivity contribution >= 4 is 11.7 Å². The molecule has 0 saturated carbocycles. The normalized spacial score (nSPS) is 19.9. The van der Waals surface area contributed by atoms with E-state index in [1.807, 2.05) is 6.92 Å². The predicted octanol–water partition coefficient (Wildman–Crippen LogP) is 2.81. The number of urea groups is 1. The summed E-state index contributed by atoms with van der Waals surface area (Å²) >= 11 is 0. The maximum atomic E-state index is 13.2. The summed E-state index contributed by atoms with van der Waals surface area (Å²) in [5.41, 5.74) is 5.58. The first-order valence-corrected chi connectivity index (χ1v) is 9.66. The van der Waals surface area contributed by atoms with E-state index in [1.54, 1.807) is 24.3 Å². The molecule has 0 unspecified atom stereocenters. The lowest BCUT2D eigenvalue weighted by molar-refractivity contribution is -0.215. The minimum Gasteiger partial charge on any atom is -0.382 e. The van der Waals surface area contributed by atoms with Gasteiger partial charge >= 0.3 is 12.2 Å². The molecule has 0 bridgehead atoms. The molecule has 3 heterocycles. The average Bonchev–Trinajstić information content (AvgIpc) is 3.20. The van der Waals surface area contributed by atoms with E-state index in [9.17, 15) is 18.0 Å². The standard InChI is InChI=1S/C19H27F3N6O2/c1-11-8-27(17(29)25-11)15(10-30-4)12-5-16-26-14(9-28(16)24-7-12)13(23)6-18(2,3)19(20,21)22/h5,7,9,11,13,15H,6,8,10,23H2,1-4H3,(H,25,29)/t11-,13+,15-/m1/s1. The van der Waals surface area contributed by atoms with Gasteiger partial charge < -0.3 is 20.7 Å². The lowest BCUT2D eigenvalue weighted by Gasteiger charge is -2.29. The molecule has 1 aliphatic rings. The van der Waals surface area contributed by atoms with E-state index < -0.39 is 17.6 Å². The Morgan fingerprint density at radius 1 is 1.40 bits per heavy atom. The second-order valence-corrected chi connectivity index (χ2v) is 8.42. The number of carbonyl (C=O) groups is 1. The van der Waals surface area contributed by atoms with Crippen LogP contribution in [0.25, 0.3) is 5.65 Å². The van der Waals surface area contributed by atoms with Gasteiger partial charge in [0.05, 0.1) is 36.2 Å². The van der Waals surface area contributed by atoms with E-state index >= 15 is 0 Å². The highest BCUT2D eigenvalue weighted by Crippen LogP contribution is 2.43. The molecule has 1 fully saturated rings. The molecule has 11 heteroatoms. The number of methoxy groups -OCH3 is 1. The molecule has 0 radical (unpaired) electrons. The number of carbonyl (C=O) groups excluding carboxylic acids is 1. The van der Waals surface area contributed by atoms with Crippen LogP contribution in [0.3, 0.4) is 0 Å². The van der Waals surface area contributed by atoms with E-state index in [0.717, 1.165) is 19.4 Å². The van der Waals surface area contributed by atoms with Crippen molar-refractivity contribution in [2.24, 2.45) is 11.1 Å². The zero-order valence-electron chi connectivity index (χ0n) is 17.4. The van der Waals surface area contributed by atoms with E-state index in [0.29, 0.717) is 17.9 Å². The molecule has 2 amide bonds. The van der Waals surface area contributed by atoms with Crippen LogP contribution in [0.4, 0.5) is 18.0 Å². The van der Waals surface area contributed by atoms with Crippen LogP contribution in [0.5, 0.6) is 0 Å². The van der Waals surface area contributed by atoms with Gasteiger partial charge in [0.25, 0.3) is 0 Å². The maximum Gasteiger partial charge on any atom is 0.394 e. The summed E-state index contributed by atoms with van der Waals surface area (Å²) in [7, 11) is 1.55. The molecule has 0 aromatic carbocycles. The lowest BCUT2D eigenvalue weighted by atomic mass is 9.84. The number of halogens is 3. The third kappa shape index (κ3) is 4.36. The minimum absolute atomic E-state index is 0.0153. The monoisotopic (exact) mass is 428 g/mol. The van der Waals surface area contributed by atoms with Crippen LogP contribution in [0.1, 0.15) is 50.5 Å². The Bertz CT molecular complexity index is 913. The van der Waals surface area contributed by atoms with E-state index in [-0.39, 0.29) is 31.1 Å². The SMILES string of the molecule is COC[C@H](c1cnn2cc([C@@H](N)CC(C)(C)C(F)(F)F)nc2c1)N1C[C@@H](C)NC1=O. The Labute approximate surface area is 172 Å². The Morgan fingerprint density at radius 3 is 2.67 bits per heavy atom. The van der Waals surface area contributed by atoms with Gasteiger partial charge in [0.2, 0.25) is 0 Å². The van der Waals surface area contributed by atoms with Crippen LogP contribution < -0.4 is 11.1 Å². The fourth-order valence-corrected chi connectivity index (χ4v) is 3.55. The second-order valence-electron chi connectivity index (χ2n) is 8.42. The first-order chi connectivity index (χ1) is 13.9. The van der Waals surface area contributed by atoms with Gasteiger partial charge in [-0.2, -0.15) is 18.3 Å². The molecule has 3 N–H and O–H groups in total. The highest BCUT2D eigenvalue weighted by Gasteiger charge is 2.48. The fraction of sp³-hybridized carbons (Fsp3) is 0.632. The number of rotatable bonds is 7. The summed E-state index contributed by atoms with van der Waals surface area (Å²) in [6.07, 6.45) is -1.53. The highest BCUT2D eigenvalue weighted by atomic mass is 19.4. The topological polar surface area (TPSA) is 97.8 Å². The molecule has 3 rings (SSSR count). The molecule has 166 valence electrons. The third-order valence-electron chi connectivity index (χ3n) is 5.42. The molecule has 2 aromatic heterocycles. The van der Waals surface area contributed by atoms with Gasteiger partial charge in [-0.25, -0.2) is 14.3 Å². The Hall–Kier alpha value is -2.40. The first kappa shape index (κ1) is 22.3. The zero-order valence-corrected chi connectivity index (χ0v) is 17.4. The average molecular weight is 428 g/mol. The number of hydrogen-bond acceptors (Lipinski definition) is 5. The number of nitrogens with two attached hydrogens (primary N) is 1. The van der Waals surface area contributed by atoms with E-state index in [1.165, 1.54) is 10.7 Å². The van der Waals surface area contributed by atoms with Gasteiger partial charge in [-0.1, -0.05) is 13.8 Å². The van der Waals surface area contributed by atoms with Gasteiger partial charge in [0.1, 0.15) is 0 Å².